The lowest BCUT2D eigenvalue weighted by molar-refractivity contribution is 1.14. The maximum Gasteiger partial charge on any atom is -0.0149 e. The highest BCUT2D eigenvalue weighted by Crippen LogP contribution is 2.23. The lowest BCUT2D eigenvalue weighted by Gasteiger charge is -2.06. The van der Waals surface area contributed by atoms with Gasteiger partial charge < -0.3 is 0 Å². The molecular weight excluding hydrogens is 252 g/mol. The molecule has 0 aliphatic heterocycles. The molecule has 0 heterocycles. The normalized spacial score (nSPS) is 11.3. The van der Waals surface area contributed by atoms with Crippen molar-refractivity contribution in [2.24, 2.45) is 0 Å². The van der Waals surface area contributed by atoms with E-state index in [0.29, 0.717) is 0 Å². The Morgan fingerprint density at radius 3 is 2.33 bits per heavy atom. The number of benzene rings is 3. The molecule has 0 nitrogen and oxygen atoms in total. The number of aryl methyl sites for hydroxylation is 2. The van der Waals surface area contributed by atoms with Crippen molar-refractivity contribution in [3.8, 4) is 0 Å². The van der Waals surface area contributed by atoms with Crippen LogP contribution in [-0.2, 0) is 6.42 Å². The van der Waals surface area contributed by atoms with E-state index in [4.69, 9.17) is 0 Å². The molecule has 0 aliphatic carbocycles. The number of hydrogen-bond donors (Lipinski definition) is 0. The van der Waals surface area contributed by atoms with Gasteiger partial charge in [-0.15, -0.1) is 0 Å². The monoisotopic (exact) mass is 272 g/mol. The van der Waals surface area contributed by atoms with Crippen LogP contribution >= 0.6 is 0 Å². The number of fused-ring (bicyclic) bond motifs is 1. The van der Waals surface area contributed by atoms with Gasteiger partial charge in [0.1, 0.15) is 0 Å². The van der Waals surface area contributed by atoms with Gasteiger partial charge in [-0.1, -0.05) is 79.7 Å². The molecule has 0 aliphatic rings. The molecular formula is C21H20. The first-order valence-corrected chi connectivity index (χ1v) is 7.53. The fraction of sp³-hybridized carbons (Fsp3) is 0.143. The summed E-state index contributed by atoms with van der Waals surface area (Å²) in [7, 11) is 0. The minimum atomic E-state index is 1.09. The minimum absolute atomic E-state index is 1.09. The molecule has 0 radical (unpaired) electrons. The Labute approximate surface area is 126 Å². The van der Waals surface area contributed by atoms with Gasteiger partial charge in [0.05, 0.1) is 0 Å². The molecule has 3 aromatic rings. The van der Waals surface area contributed by atoms with Crippen LogP contribution in [0.25, 0.3) is 22.9 Å². The first-order valence-electron chi connectivity index (χ1n) is 7.53. The zero-order chi connectivity index (χ0) is 14.7. The van der Waals surface area contributed by atoms with Crippen molar-refractivity contribution in [1.82, 2.24) is 0 Å². The van der Waals surface area contributed by atoms with E-state index in [1.165, 1.54) is 33.0 Å². The summed E-state index contributed by atoms with van der Waals surface area (Å²) in [5, 5.41) is 2.64. The van der Waals surface area contributed by atoms with Crippen molar-refractivity contribution in [1.29, 1.82) is 0 Å². The van der Waals surface area contributed by atoms with Crippen LogP contribution in [0, 0.1) is 6.92 Å². The molecule has 0 amide bonds. The zero-order valence-electron chi connectivity index (χ0n) is 12.6. The first-order chi connectivity index (χ1) is 10.3. The summed E-state index contributed by atoms with van der Waals surface area (Å²) in [5.74, 6) is 0. The van der Waals surface area contributed by atoms with Crippen molar-refractivity contribution >= 4 is 22.9 Å². The van der Waals surface area contributed by atoms with E-state index in [9.17, 15) is 0 Å². The molecule has 0 unspecified atom stereocenters. The summed E-state index contributed by atoms with van der Waals surface area (Å²) in [6.07, 6.45) is 5.49. The third kappa shape index (κ3) is 2.90. The Morgan fingerprint density at radius 2 is 1.57 bits per heavy atom. The third-order valence-electron chi connectivity index (χ3n) is 4.08. The quantitative estimate of drug-likeness (QED) is 0.522. The van der Waals surface area contributed by atoms with Gasteiger partial charge in [-0.3, -0.25) is 0 Å². The smallest absolute Gasteiger partial charge is 0.0149 e. The van der Waals surface area contributed by atoms with Gasteiger partial charge in [-0.25, -0.2) is 0 Å². The molecule has 0 bridgehead atoms. The number of rotatable bonds is 3. The van der Waals surface area contributed by atoms with E-state index < -0.39 is 0 Å². The zero-order valence-corrected chi connectivity index (χ0v) is 12.6. The fourth-order valence-electron chi connectivity index (χ4n) is 2.67. The molecule has 104 valence electrons. The summed E-state index contributed by atoms with van der Waals surface area (Å²) in [4.78, 5) is 0. The second kappa shape index (κ2) is 5.97. The standard InChI is InChI=1S/C21H20/c1-3-17-8-10-18(11-9-17)12-13-19-14-15-20-6-4-5-7-21(20)16(19)2/h4-15H,3H2,1-2H3/b13-12+. The molecule has 0 spiro atoms. The van der Waals surface area contributed by atoms with Crippen molar-refractivity contribution in [3.63, 3.8) is 0 Å². The summed E-state index contributed by atoms with van der Waals surface area (Å²) >= 11 is 0. The van der Waals surface area contributed by atoms with E-state index >= 15 is 0 Å². The largest absolute Gasteiger partial charge is 0.0616 e. The van der Waals surface area contributed by atoms with Gasteiger partial charge in [0.2, 0.25) is 0 Å². The summed E-state index contributed by atoms with van der Waals surface area (Å²) in [6, 6.07) is 21.7. The predicted octanol–water partition coefficient (Wildman–Crippen LogP) is 5.88. The SMILES string of the molecule is CCc1ccc(/C=C/c2ccc3ccccc3c2C)cc1. The number of hydrogen-bond acceptors (Lipinski definition) is 0. The average Bonchev–Trinajstić information content (AvgIpc) is 2.55. The Kier molecular flexibility index (Phi) is 3.87. The Hall–Kier alpha value is -2.34. The van der Waals surface area contributed by atoms with Crippen LogP contribution in [-0.4, -0.2) is 0 Å². The maximum atomic E-state index is 2.21. The first kappa shape index (κ1) is 13.6. The van der Waals surface area contributed by atoms with Crippen LogP contribution in [0.3, 0.4) is 0 Å². The third-order valence-corrected chi connectivity index (χ3v) is 4.08. The fourth-order valence-corrected chi connectivity index (χ4v) is 2.67. The highest BCUT2D eigenvalue weighted by molar-refractivity contribution is 5.89. The molecule has 0 N–H and O–H groups in total. The van der Waals surface area contributed by atoms with Gasteiger partial charge >= 0.3 is 0 Å². The van der Waals surface area contributed by atoms with E-state index in [2.05, 4.69) is 86.7 Å². The average molecular weight is 272 g/mol. The highest BCUT2D eigenvalue weighted by atomic mass is 14.0. The Bertz CT molecular complexity index is 777. The summed E-state index contributed by atoms with van der Waals surface area (Å²) in [6.45, 7) is 4.38. The van der Waals surface area contributed by atoms with Crippen LogP contribution in [0.5, 0.6) is 0 Å². The van der Waals surface area contributed by atoms with E-state index in [1.807, 2.05) is 0 Å². The lowest BCUT2D eigenvalue weighted by Crippen LogP contribution is -1.84. The van der Waals surface area contributed by atoms with Crippen LogP contribution in [0.1, 0.15) is 29.2 Å². The van der Waals surface area contributed by atoms with E-state index in [0.717, 1.165) is 6.42 Å². The predicted molar refractivity (Wildman–Crippen MR) is 93.4 cm³/mol. The minimum Gasteiger partial charge on any atom is -0.0616 e. The highest BCUT2D eigenvalue weighted by Gasteiger charge is 2.00. The van der Waals surface area contributed by atoms with Crippen LogP contribution in [0.15, 0.2) is 60.7 Å². The van der Waals surface area contributed by atoms with E-state index in [1.54, 1.807) is 0 Å². The van der Waals surface area contributed by atoms with Gasteiger partial charge in [-0.2, -0.15) is 0 Å². The molecule has 21 heavy (non-hydrogen) atoms. The molecule has 0 saturated carbocycles. The Morgan fingerprint density at radius 1 is 0.810 bits per heavy atom. The Balaban J connectivity index is 1.93. The van der Waals surface area contributed by atoms with Crippen molar-refractivity contribution in [2.75, 3.05) is 0 Å². The molecule has 0 atom stereocenters. The molecule has 3 rings (SSSR count). The van der Waals surface area contributed by atoms with Gasteiger partial charge in [-0.05, 0) is 46.4 Å². The second-order valence-electron chi connectivity index (χ2n) is 5.43. The molecule has 3 aromatic carbocycles. The van der Waals surface area contributed by atoms with Crippen LogP contribution in [0.4, 0.5) is 0 Å². The molecule has 0 fully saturated rings. The van der Waals surface area contributed by atoms with Gasteiger partial charge in [0.25, 0.3) is 0 Å². The van der Waals surface area contributed by atoms with Gasteiger partial charge in [0.15, 0.2) is 0 Å². The lowest BCUT2D eigenvalue weighted by atomic mass is 9.99. The molecule has 0 saturated heterocycles. The van der Waals surface area contributed by atoms with Crippen molar-refractivity contribution in [2.45, 2.75) is 20.3 Å². The maximum absolute atomic E-state index is 2.21. The van der Waals surface area contributed by atoms with E-state index in [-0.39, 0.29) is 0 Å². The molecule has 0 aromatic heterocycles. The van der Waals surface area contributed by atoms with Crippen molar-refractivity contribution < 1.29 is 0 Å². The molecule has 0 heteroatoms. The second-order valence-corrected chi connectivity index (χ2v) is 5.43. The summed E-state index contributed by atoms with van der Waals surface area (Å²) < 4.78 is 0. The summed E-state index contributed by atoms with van der Waals surface area (Å²) in [5.41, 5.74) is 5.26. The van der Waals surface area contributed by atoms with Crippen LogP contribution in [0.2, 0.25) is 0 Å². The van der Waals surface area contributed by atoms with Crippen LogP contribution < -0.4 is 0 Å². The van der Waals surface area contributed by atoms with Gasteiger partial charge in [0, 0.05) is 0 Å². The topological polar surface area (TPSA) is 0 Å². The van der Waals surface area contributed by atoms with Crippen molar-refractivity contribution in [3.05, 3.63) is 82.9 Å².